The van der Waals surface area contributed by atoms with E-state index in [0.717, 1.165) is 25.1 Å². The molecule has 0 bridgehead atoms. The van der Waals surface area contributed by atoms with Crippen molar-refractivity contribution < 1.29 is 13.2 Å². The van der Waals surface area contributed by atoms with Crippen LogP contribution in [-0.4, -0.2) is 15.0 Å². The van der Waals surface area contributed by atoms with Crippen LogP contribution in [0, 0.1) is 5.92 Å². The van der Waals surface area contributed by atoms with Gasteiger partial charge in [0.1, 0.15) is 5.75 Å². The average Bonchev–Trinajstić information content (AvgIpc) is 3.08. The molecule has 0 aliphatic carbocycles. The third kappa shape index (κ3) is 4.84. The molecule has 1 aliphatic heterocycles. The largest absolute Gasteiger partial charge is 0.494 e. The third-order valence-electron chi connectivity index (χ3n) is 4.47. The van der Waals surface area contributed by atoms with Crippen molar-refractivity contribution in [2.75, 3.05) is 6.61 Å². The molecule has 0 spiro atoms. The summed E-state index contributed by atoms with van der Waals surface area (Å²) >= 11 is 0. The van der Waals surface area contributed by atoms with Crippen molar-refractivity contribution in [3.05, 3.63) is 59.2 Å². The SMILES string of the molecule is CC(C)CCOc1ccc(S(=O)(=O)NCc2ccc3c(c2)CNC3)cc1. The van der Waals surface area contributed by atoms with Crippen LogP contribution < -0.4 is 14.8 Å². The molecular weight excluding hydrogens is 348 g/mol. The molecule has 26 heavy (non-hydrogen) atoms. The van der Waals surface area contributed by atoms with Gasteiger partial charge in [-0.05, 0) is 53.3 Å². The Labute approximate surface area is 155 Å². The monoisotopic (exact) mass is 374 g/mol. The van der Waals surface area contributed by atoms with E-state index in [-0.39, 0.29) is 11.4 Å². The molecule has 0 fully saturated rings. The van der Waals surface area contributed by atoms with Crippen LogP contribution in [0.4, 0.5) is 0 Å². The molecule has 1 heterocycles. The summed E-state index contributed by atoms with van der Waals surface area (Å²) < 4.78 is 33.3. The first-order chi connectivity index (χ1) is 12.4. The second-order valence-electron chi connectivity index (χ2n) is 7.03. The highest BCUT2D eigenvalue weighted by atomic mass is 32.2. The van der Waals surface area contributed by atoms with Crippen molar-refractivity contribution in [1.29, 1.82) is 0 Å². The quantitative estimate of drug-likeness (QED) is 0.745. The van der Waals surface area contributed by atoms with Crippen molar-refractivity contribution in [3.63, 3.8) is 0 Å². The maximum Gasteiger partial charge on any atom is 0.240 e. The van der Waals surface area contributed by atoms with E-state index in [4.69, 9.17) is 4.74 Å². The van der Waals surface area contributed by atoms with Gasteiger partial charge >= 0.3 is 0 Å². The second-order valence-corrected chi connectivity index (χ2v) is 8.80. The fourth-order valence-corrected chi connectivity index (χ4v) is 3.87. The zero-order chi connectivity index (χ0) is 18.6. The van der Waals surface area contributed by atoms with Crippen LogP contribution in [0.1, 0.15) is 37.0 Å². The molecule has 6 heteroatoms. The molecule has 3 rings (SSSR count). The van der Waals surface area contributed by atoms with Crippen LogP contribution in [0.15, 0.2) is 47.4 Å². The van der Waals surface area contributed by atoms with E-state index in [2.05, 4.69) is 36.0 Å². The Kier molecular flexibility index (Phi) is 5.96. The van der Waals surface area contributed by atoms with Gasteiger partial charge in [0, 0.05) is 19.6 Å². The Morgan fingerprint density at radius 3 is 2.54 bits per heavy atom. The molecule has 0 radical (unpaired) electrons. The molecule has 2 N–H and O–H groups in total. The predicted octanol–water partition coefficient (Wildman–Crippen LogP) is 3.19. The lowest BCUT2D eigenvalue weighted by molar-refractivity contribution is 0.289. The van der Waals surface area contributed by atoms with Crippen molar-refractivity contribution >= 4 is 10.0 Å². The van der Waals surface area contributed by atoms with Gasteiger partial charge in [0.05, 0.1) is 11.5 Å². The van der Waals surface area contributed by atoms with E-state index >= 15 is 0 Å². The van der Waals surface area contributed by atoms with Crippen molar-refractivity contribution in [2.45, 2.75) is 44.8 Å². The highest BCUT2D eigenvalue weighted by molar-refractivity contribution is 7.89. The van der Waals surface area contributed by atoms with Gasteiger partial charge in [-0.3, -0.25) is 0 Å². The number of sulfonamides is 1. The summed E-state index contributed by atoms with van der Waals surface area (Å²) in [6, 6.07) is 12.7. The number of nitrogens with one attached hydrogen (secondary N) is 2. The molecule has 5 nitrogen and oxygen atoms in total. The molecule has 0 amide bonds. The molecule has 0 aromatic heterocycles. The first-order valence-electron chi connectivity index (χ1n) is 8.98. The summed E-state index contributed by atoms with van der Waals surface area (Å²) in [4.78, 5) is 0.247. The van der Waals surface area contributed by atoms with Crippen LogP contribution in [0.5, 0.6) is 5.75 Å². The zero-order valence-corrected chi connectivity index (χ0v) is 16.1. The number of fused-ring (bicyclic) bond motifs is 1. The molecule has 0 unspecified atom stereocenters. The Bertz CT molecular complexity index is 846. The molecule has 1 aliphatic rings. The highest BCUT2D eigenvalue weighted by Gasteiger charge is 2.15. The topological polar surface area (TPSA) is 67.4 Å². The first-order valence-corrected chi connectivity index (χ1v) is 10.5. The second kappa shape index (κ2) is 8.20. The maximum atomic E-state index is 12.5. The minimum atomic E-state index is -3.54. The number of benzene rings is 2. The van der Waals surface area contributed by atoms with E-state index in [9.17, 15) is 8.42 Å². The smallest absolute Gasteiger partial charge is 0.240 e. The molecule has 2 aromatic rings. The molecule has 2 aromatic carbocycles. The van der Waals surface area contributed by atoms with Gasteiger partial charge < -0.3 is 10.1 Å². The number of hydrogen-bond donors (Lipinski definition) is 2. The number of hydrogen-bond acceptors (Lipinski definition) is 4. The van der Waals surface area contributed by atoms with E-state index in [1.165, 1.54) is 11.1 Å². The van der Waals surface area contributed by atoms with Crippen LogP contribution in [-0.2, 0) is 29.7 Å². The van der Waals surface area contributed by atoms with Gasteiger partial charge in [-0.25, -0.2) is 13.1 Å². The van der Waals surface area contributed by atoms with E-state index in [1.54, 1.807) is 24.3 Å². The Morgan fingerprint density at radius 1 is 1.08 bits per heavy atom. The summed E-state index contributed by atoms with van der Waals surface area (Å²) in [6.07, 6.45) is 0.970. The van der Waals surface area contributed by atoms with Crippen LogP contribution >= 0.6 is 0 Å². The Hall–Kier alpha value is -1.89. The third-order valence-corrected chi connectivity index (χ3v) is 5.88. The molecular formula is C20H26N2O3S. The van der Waals surface area contributed by atoms with Gasteiger partial charge in [0.15, 0.2) is 0 Å². The Morgan fingerprint density at radius 2 is 1.81 bits per heavy atom. The Balaban J connectivity index is 1.59. The van der Waals surface area contributed by atoms with Gasteiger partial charge in [-0.2, -0.15) is 0 Å². The summed E-state index contributed by atoms with van der Waals surface area (Å²) in [7, 11) is -3.54. The minimum Gasteiger partial charge on any atom is -0.494 e. The van der Waals surface area contributed by atoms with Crippen molar-refractivity contribution in [1.82, 2.24) is 10.0 Å². The van der Waals surface area contributed by atoms with Gasteiger partial charge in [-0.15, -0.1) is 0 Å². The summed E-state index contributed by atoms with van der Waals surface area (Å²) in [5, 5.41) is 3.29. The minimum absolute atomic E-state index is 0.247. The maximum absolute atomic E-state index is 12.5. The zero-order valence-electron chi connectivity index (χ0n) is 15.3. The average molecular weight is 375 g/mol. The standard InChI is InChI=1S/C20H26N2O3S/c1-15(2)9-10-25-19-5-7-20(8-6-19)26(23,24)22-12-16-3-4-17-13-21-14-18(17)11-16/h3-8,11,15,21-22H,9-10,12-14H2,1-2H3. The normalized spacial score (nSPS) is 13.8. The van der Waals surface area contributed by atoms with Crippen LogP contribution in [0.2, 0.25) is 0 Å². The first kappa shape index (κ1) is 18.9. The number of ether oxygens (including phenoxy) is 1. The van der Waals surface area contributed by atoms with Gasteiger partial charge in [0.25, 0.3) is 0 Å². The van der Waals surface area contributed by atoms with E-state index < -0.39 is 10.0 Å². The summed E-state index contributed by atoms with van der Waals surface area (Å²) in [5.41, 5.74) is 3.49. The lowest BCUT2D eigenvalue weighted by atomic mass is 10.1. The lowest BCUT2D eigenvalue weighted by Gasteiger charge is -2.10. The number of rotatable bonds is 8. The van der Waals surface area contributed by atoms with Crippen LogP contribution in [0.3, 0.4) is 0 Å². The van der Waals surface area contributed by atoms with Gasteiger partial charge in [0.2, 0.25) is 10.0 Å². The fourth-order valence-electron chi connectivity index (χ4n) is 2.85. The van der Waals surface area contributed by atoms with E-state index in [1.807, 2.05) is 6.07 Å². The molecule has 140 valence electrons. The van der Waals surface area contributed by atoms with Crippen molar-refractivity contribution in [3.8, 4) is 5.75 Å². The molecule has 0 saturated heterocycles. The predicted molar refractivity (Wildman–Crippen MR) is 102 cm³/mol. The lowest BCUT2D eigenvalue weighted by Crippen LogP contribution is -2.23. The fraction of sp³-hybridized carbons (Fsp3) is 0.400. The van der Waals surface area contributed by atoms with Crippen LogP contribution in [0.25, 0.3) is 0 Å². The molecule has 0 saturated carbocycles. The summed E-state index contributed by atoms with van der Waals surface area (Å²) in [6.45, 7) is 6.92. The molecule has 0 atom stereocenters. The van der Waals surface area contributed by atoms with E-state index in [0.29, 0.717) is 18.3 Å². The highest BCUT2D eigenvalue weighted by Crippen LogP contribution is 2.19. The van der Waals surface area contributed by atoms with Gasteiger partial charge in [-0.1, -0.05) is 32.0 Å². The van der Waals surface area contributed by atoms with Crippen molar-refractivity contribution in [2.24, 2.45) is 5.92 Å². The summed E-state index contributed by atoms with van der Waals surface area (Å²) in [5.74, 6) is 1.27.